The van der Waals surface area contributed by atoms with E-state index < -0.39 is 16.1 Å². The number of sulfonamides is 1. The molecule has 0 aromatic heterocycles. The normalized spacial score (nSPS) is 13.7. The summed E-state index contributed by atoms with van der Waals surface area (Å²) in [5, 5.41) is 0. The van der Waals surface area contributed by atoms with Crippen LogP contribution in [0.2, 0.25) is 0 Å². The molecule has 0 aliphatic rings. The lowest BCUT2D eigenvalue weighted by atomic mass is 9.84. The SMILES string of the molecule is C=C/C(=C(\CC(C)Cc1ccccc1)[C@H](NS(=O)(=O)c1ccc(C)cc1)c1ccccc1)c1ccc(OC)cc1. The van der Waals surface area contributed by atoms with Crippen LogP contribution < -0.4 is 9.46 Å². The van der Waals surface area contributed by atoms with Crippen LogP contribution in [0.15, 0.2) is 132 Å². The zero-order chi connectivity index (χ0) is 28.5. The number of rotatable bonds is 12. The number of benzene rings is 4. The van der Waals surface area contributed by atoms with E-state index in [1.54, 1.807) is 19.2 Å². The molecule has 4 aromatic rings. The second-order valence-electron chi connectivity index (χ2n) is 10.1. The molecule has 0 heterocycles. The average molecular weight is 552 g/mol. The minimum atomic E-state index is -3.84. The van der Waals surface area contributed by atoms with E-state index in [0.717, 1.165) is 40.0 Å². The third kappa shape index (κ3) is 7.38. The largest absolute Gasteiger partial charge is 0.497 e. The molecule has 0 spiro atoms. The molecule has 1 unspecified atom stereocenters. The van der Waals surface area contributed by atoms with Gasteiger partial charge in [-0.15, -0.1) is 0 Å². The van der Waals surface area contributed by atoms with Crippen molar-refractivity contribution in [2.45, 2.75) is 37.6 Å². The van der Waals surface area contributed by atoms with Gasteiger partial charge in [0.25, 0.3) is 0 Å². The van der Waals surface area contributed by atoms with Gasteiger partial charge >= 0.3 is 0 Å². The van der Waals surface area contributed by atoms with Gasteiger partial charge in [0, 0.05) is 0 Å². The van der Waals surface area contributed by atoms with Gasteiger partial charge in [-0.1, -0.05) is 110 Å². The lowest BCUT2D eigenvalue weighted by Gasteiger charge is -2.27. The Bertz CT molecular complexity index is 1530. The van der Waals surface area contributed by atoms with Gasteiger partial charge in [0.15, 0.2) is 0 Å². The van der Waals surface area contributed by atoms with E-state index >= 15 is 0 Å². The summed E-state index contributed by atoms with van der Waals surface area (Å²) < 4.78 is 36.0. The Labute approximate surface area is 239 Å². The lowest BCUT2D eigenvalue weighted by Crippen LogP contribution is -2.31. The maximum Gasteiger partial charge on any atom is 0.241 e. The predicted octanol–water partition coefficient (Wildman–Crippen LogP) is 7.93. The predicted molar refractivity (Wildman–Crippen MR) is 165 cm³/mol. The van der Waals surface area contributed by atoms with E-state index in [0.29, 0.717) is 6.42 Å². The monoisotopic (exact) mass is 551 g/mol. The number of hydrogen-bond acceptors (Lipinski definition) is 3. The first kappa shape index (κ1) is 29.1. The third-order valence-electron chi connectivity index (χ3n) is 7.03. The molecular formula is C35H37NO3S. The number of hydrogen-bond donors (Lipinski definition) is 1. The molecule has 206 valence electrons. The molecule has 0 radical (unpaired) electrons. The molecule has 40 heavy (non-hydrogen) atoms. The van der Waals surface area contributed by atoms with Crippen molar-refractivity contribution >= 4 is 15.6 Å². The number of methoxy groups -OCH3 is 1. The van der Waals surface area contributed by atoms with Crippen LogP contribution in [0.1, 0.15) is 41.6 Å². The second kappa shape index (κ2) is 13.4. The molecule has 4 rings (SSSR count). The summed E-state index contributed by atoms with van der Waals surface area (Å²) >= 11 is 0. The van der Waals surface area contributed by atoms with Crippen molar-refractivity contribution in [3.8, 4) is 5.75 Å². The highest BCUT2D eigenvalue weighted by Crippen LogP contribution is 2.37. The maximum absolute atomic E-state index is 13.8. The fourth-order valence-electron chi connectivity index (χ4n) is 4.98. The maximum atomic E-state index is 13.8. The summed E-state index contributed by atoms with van der Waals surface area (Å²) in [5.41, 5.74) is 5.94. The molecule has 5 heteroatoms. The highest BCUT2D eigenvalue weighted by atomic mass is 32.2. The highest BCUT2D eigenvalue weighted by molar-refractivity contribution is 7.89. The van der Waals surface area contributed by atoms with Gasteiger partial charge in [-0.05, 0) is 77.8 Å². The van der Waals surface area contributed by atoms with Crippen molar-refractivity contribution in [3.05, 3.63) is 150 Å². The second-order valence-corrected chi connectivity index (χ2v) is 11.9. The molecule has 0 aliphatic heterocycles. The third-order valence-corrected chi connectivity index (χ3v) is 8.47. The van der Waals surface area contributed by atoms with E-state index in [-0.39, 0.29) is 10.8 Å². The van der Waals surface area contributed by atoms with Crippen molar-refractivity contribution in [1.29, 1.82) is 0 Å². The minimum absolute atomic E-state index is 0.236. The van der Waals surface area contributed by atoms with Crippen LogP contribution >= 0.6 is 0 Å². The first-order valence-electron chi connectivity index (χ1n) is 13.5. The Balaban J connectivity index is 1.85. The summed E-state index contributed by atoms with van der Waals surface area (Å²) in [5.74, 6) is 0.992. The molecule has 0 aliphatic carbocycles. The molecule has 0 bridgehead atoms. The molecule has 4 aromatic carbocycles. The molecule has 0 fully saturated rings. The summed E-state index contributed by atoms with van der Waals surface area (Å²) in [7, 11) is -2.20. The fraction of sp³-hybridized carbons (Fsp3) is 0.200. The van der Waals surface area contributed by atoms with Gasteiger partial charge in [-0.25, -0.2) is 8.42 Å². The number of ether oxygens (including phenoxy) is 1. The molecule has 0 saturated carbocycles. The highest BCUT2D eigenvalue weighted by Gasteiger charge is 2.28. The van der Waals surface area contributed by atoms with Crippen LogP contribution in [0.3, 0.4) is 0 Å². The number of aryl methyl sites for hydroxylation is 1. The van der Waals surface area contributed by atoms with E-state index in [1.165, 1.54) is 5.56 Å². The lowest BCUT2D eigenvalue weighted by molar-refractivity contribution is 0.415. The van der Waals surface area contributed by atoms with Gasteiger partial charge in [0.1, 0.15) is 5.75 Å². The smallest absolute Gasteiger partial charge is 0.241 e. The zero-order valence-electron chi connectivity index (χ0n) is 23.4. The van der Waals surface area contributed by atoms with Crippen molar-refractivity contribution in [2.24, 2.45) is 5.92 Å². The first-order chi connectivity index (χ1) is 19.3. The summed E-state index contributed by atoms with van der Waals surface area (Å²) in [4.78, 5) is 0.236. The number of allylic oxidation sites excluding steroid dienone is 2. The van der Waals surface area contributed by atoms with E-state index in [1.807, 2.05) is 97.9 Å². The van der Waals surface area contributed by atoms with Crippen LogP contribution in [-0.4, -0.2) is 15.5 Å². The Kier molecular flexibility index (Phi) is 9.75. The van der Waals surface area contributed by atoms with Crippen LogP contribution in [0.5, 0.6) is 5.75 Å². The van der Waals surface area contributed by atoms with Crippen LogP contribution in [0.4, 0.5) is 0 Å². The molecule has 1 N–H and O–H groups in total. The van der Waals surface area contributed by atoms with Gasteiger partial charge in [-0.2, -0.15) is 4.72 Å². The van der Waals surface area contributed by atoms with Gasteiger partial charge in [0.05, 0.1) is 18.0 Å². The summed E-state index contributed by atoms with van der Waals surface area (Å²) in [6, 6.07) is 34.3. The Morgan fingerprint density at radius 2 is 1.48 bits per heavy atom. The van der Waals surface area contributed by atoms with Gasteiger partial charge < -0.3 is 4.74 Å². The first-order valence-corrected chi connectivity index (χ1v) is 15.0. The van der Waals surface area contributed by atoms with Crippen molar-refractivity contribution in [1.82, 2.24) is 4.72 Å². The minimum Gasteiger partial charge on any atom is -0.497 e. The van der Waals surface area contributed by atoms with E-state index in [9.17, 15) is 8.42 Å². The van der Waals surface area contributed by atoms with Crippen molar-refractivity contribution in [2.75, 3.05) is 7.11 Å². The molecular weight excluding hydrogens is 514 g/mol. The standard InChI is InChI=1S/C35H37NO3S/c1-5-33(29-18-20-31(39-4)21-19-29)34(25-27(3)24-28-12-8-6-9-13-28)35(30-14-10-7-11-15-30)36-40(37,38)32-22-16-26(2)17-23-32/h5-23,27,35-36H,1,24-25H2,2-4H3/b34-33-/t27?,35-/m1/s1. The molecule has 4 nitrogen and oxygen atoms in total. The molecule has 0 amide bonds. The van der Waals surface area contributed by atoms with Crippen molar-refractivity contribution < 1.29 is 13.2 Å². The van der Waals surface area contributed by atoms with Gasteiger partial charge in [-0.3, -0.25) is 0 Å². The Morgan fingerprint density at radius 3 is 2.05 bits per heavy atom. The quantitative estimate of drug-likeness (QED) is 0.182. The van der Waals surface area contributed by atoms with Crippen LogP contribution in [0.25, 0.3) is 5.57 Å². The number of nitrogens with one attached hydrogen (secondary N) is 1. The molecule has 0 saturated heterocycles. The van der Waals surface area contributed by atoms with E-state index in [2.05, 4.69) is 30.4 Å². The topological polar surface area (TPSA) is 55.4 Å². The summed E-state index contributed by atoms with van der Waals surface area (Å²) in [6.07, 6.45) is 3.37. The summed E-state index contributed by atoms with van der Waals surface area (Å²) in [6.45, 7) is 8.31. The average Bonchev–Trinajstić information content (AvgIpc) is 2.97. The van der Waals surface area contributed by atoms with Crippen LogP contribution in [0, 0.1) is 12.8 Å². The Hall–Kier alpha value is -3.93. The van der Waals surface area contributed by atoms with Crippen LogP contribution in [-0.2, 0) is 16.4 Å². The van der Waals surface area contributed by atoms with Crippen molar-refractivity contribution in [3.63, 3.8) is 0 Å². The zero-order valence-corrected chi connectivity index (χ0v) is 24.2. The fourth-order valence-corrected chi connectivity index (χ4v) is 6.20. The Morgan fingerprint density at radius 1 is 0.875 bits per heavy atom. The van der Waals surface area contributed by atoms with Gasteiger partial charge in [0.2, 0.25) is 10.0 Å². The molecule has 2 atom stereocenters. The van der Waals surface area contributed by atoms with E-state index in [4.69, 9.17) is 4.74 Å².